The van der Waals surface area contributed by atoms with Gasteiger partial charge >= 0.3 is 12.0 Å². The lowest BCUT2D eigenvalue weighted by Crippen LogP contribution is -2.39. The number of nitrogens with zero attached hydrogens (tertiary/aromatic N) is 1. The van der Waals surface area contributed by atoms with E-state index in [1.165, 1.54) is 4.90 Å². The Morgan fingerprint density at radius 3 is 2.29 bits per heavy atom. The van der Waals surface area contributed by atoms with E-state index in [9.17, 15) is 9.59 Å². The average Bonchev–Trinajstić information content (AvgIpc) is 2.41. The SMILES string of the molecule is CCN(CC(C)C(=O)O)C(=O)Nc1cc(C)c(Br)c(C)c1. The van der Waals surface area contributed by atoms with Gasteiger partial charge in [0.1, 0.15) is 0 Å². The van der Waals surface area contributed by atoms with Crippen LogP contribution in [0.1, 0.15) is 25.0 Å². The van der Waals surface area contributed by atoms with Crippen LogP contribution in [0.5, 0.6) is 0 Å². The first kappa shape index (κ1) is 17.5. The molecule has 1 rings (SSSR count). The molecule has 21 heavy (non-hydrogen) atoms. The highest BCUT2D eigenvalue weighted by atomic mass is 79.9. The highest BCUT2D eigenvalue weighted by Crippen LogP contribution is 2.25. The number of rotatable bonds is 5. The van der Waals surface area contributed by atoms with Crippen LogP contribution in [-0.4, -0.2) is 35.1 Å². The number of aryl methyl sites for hydroxylation is 2. The van der Waals surface area contributed by atoms with Crippen LogP contribution in [0.25, 0.3) is 0 Å². The largest absolute Gasteiger partial charge is 0.481 e. The molecule has 2 amide bonds. The zero-order chi connectivity index (χ0) is 16.2. The number of hydrogen-bond acceptors (Lipinski definition) is 2. The third-order valence-corrected chi connectivity index (χ3v) is 4.52. The van der Waals surface area contributed by atoms with Crippen LogP contribution in [0.2, 0.25) is 0 Å². The van der Waals surface area contributed by atoms with Crippen molar-refractivity contribution >= 4 is 33.6 Å². The van der Waals surface area contributed by atoms with Crippen molar-refractivity contribution in [3.05, 3.63) is 27.7 Å². The van der Waals surface area contributed by atoms with E-state index < -0.39 is 11.9 Å². The molecule has 116 valence electrons. The fraction of sp³-hybridized carbons (Fsp3) is 0.467. The topological polar surface area (TPSA) is 69.6 Å². The van der Waals surface area contributed by atoms with Gasteiger partial charge in [-0.25, -0.2) is 4.79 Å². The molecule has 0 heterocycles. The van der Waals surface area contributed by atoms with Crippen molar-refractivity contribution in [2.24, 2.45) is 5.92 Å². The van der Waals surface area contributed by atoms with Crippen molar-refractivity contribution in [3.63, 3.8) is 0 Å². The number of halogens is 1. The number of hydrogen-bond donors (Lipinski definition) is 2. The lowest BCUT2D eigenvalue weighted by Gasteiger charge is -2.23. The molecular weight excluding hydrogens is 336 g/mol. The van der Waals surface area contributed by atoms with Gasteiger partial charge in [0.15, 0.2) is 0 Å². The second-order valence-corrected chi connectivity index (χ2v) is 5.93. The minimum Gasteiger partial charge on any atom is -0.481 e. The van der Waals surface area contributed by atoms with Crippen molar-refractivity contribution in [1.82, 2.24) is 4.90 Å². The van der Waals surface area contributed by atoms with Crippen LogP contribution in [-0.2, 0) is 4.79 Å². The Labute approximate surface area is 133 Å². The average molecular weight is 357 g/mol. The number of benzene rings is 1. The van der Waals surface area contributed by atoms with Crippen molar-refractivity contribution in [2.45, 2.75) is 27.7 Å². The number of amides is 2. The molecule has 0 fully saturated rings. The molecule has 0 aromatic heterocycles. The lowest BCUT2D eigenvalue weighted by atomic mass is 10.1. The van der Waals surface area contributed by atoms with E-state index in [1.807, 2.05) is 32.9 Å². The van der Waals surface area contributed by atoms with E-state index in [1.54, 1.807) is 6.92 Å². The molecule has 0 aliphatic rings. The molecule has 0 saturated heterocycles. The third-order valence-electron chi connectivity index (χ3n) is 3.27. The molecule has 2 N–H and O–H groups in total. The van der Waals surface area contributed by atoms with Gasteiger partial charge in [-0.1, -0.05) is 22.9 Å². The third kappa shape index (κ3) is 4.74. The Morgan fingerprint density at radius 1 is 1.33 bits per heavy atom. The van der Waals surface area contributed by atoms with E-state index in [-0.39, 0.29) is 12.6 Å². The van der Waals surface area contributed by atoms with E-state index in [0.29, 0.717) is 12.2 Å². The summed E-state index contributed by atoms with van der Waals surface area (Å²) in [6.07, 6.45) is 0. The standard InChI is InChI=1S/C15H21BrN2O3/c1-5-18(8-11(4)14(19)20)15(21)17-12-6-9(2)13(16)10(3)7-12/h6-7,11H,5,8H2,1-4H3,(H,17,21)(H,19,20). The molecule has 1 unspecified atom stereocenters. The van der Waals surface area contributed by atoms with Gasteiger partial charge in [-0.05, 0) is 44.0 Å². The normalized spacial score (nSPS) is 11.9. The van der Waals surface area contributed by atoms with Crippen molar-refractivity contribution in [2.75, 3.05) is 18.4 Å². The Kier molecular flexibility index (Phi) is 6.20. The molecule has 0 aliphatic heterocycles. The van der Waals surface area contributed by atoms with Crippen LogP contribution in [0.3, 0.4) is 0 Å². The Hall–Kier alpha value is -1.56. The van der Waals surface area contributed by atoms with E-state index in [0.717, 1.165) is 15.6 Å². The number of carboxylic acids is 1. The quantitative estimate of drug-likeness (QED) is 0.845. The molecule has 1 aromatic rings. The van der Waals surface area contributed by atoms with Crippen LogP contribution in [0, 0.1) is 19.8 Å². The monoisotopic (exact) mass is 356 g/mol. The van der Waals surface area contributed by atoms with E-state index in [4.69, 9.17) is 5.11 Å². The fourth-order valence-corrected chi connectivity index (χ4v) is 2.21. The number of carboxylic acid groups (broad SMARTS) is 1. The van der Waals surface area contributed by atoms with E-state index in [2.05, 4.69) is 21.2 Å². The van der Waals surface area contributed by atoms with Gasteiger partial charge in [-0.2, -0.15) is 0 Å². The summed E-state index contributed by atoms with van der Waals surface area (Å²) < 4.78 is 1.02. The first-order valence-electron chi connectivity index (χ1n) is 6.81. The van der Waals surface area contributed by atoms with Gasteiger partial charge in [0, 0.05) is 23.2 Å². The minimum absolute atomic E-state index is 0.187. The van der Waals surface area contributed by atoms with Crippen LogP contribution < -0.4 is 5.32 Å². The van der Waals surface area contributed by atoms with Crippen LogP contribution in [0.15, 0.2) is 16.6 Å². The first-order valence-corrected chi connectivity index (χ1v) is 7.61. The predicted octanol–water partition coefficient (Wildman–Crippen LogP) is 3.64. The number of aliphatic carboxylic acids is 1. The van der Waals surface area contributed by atoms with E-state index >= 15 is 0 Å². The fourth-order valence-electron chi connectivity index (χ4n) is 1.98. The highest BCUT2D eigenvalue weighted by Gasteiger charge is 2.19. The Bertz CT molecular complexity index is 523. The second-order valence-electron chi connectivity index (χ2n) is 5.13. The number of nitrogens with one attached hydrogen (secondary N) is 1. The maximum Gasteiger partial charge on any atom is 0.321 e. The summed E-state index contributed by atoms with van der Waals surface area (Å²) in [5.41, 5.74) is 2.78. The van der Waals surface area contributed by atoms with Gasteiger partial charge < -0.3 is 15.3 Å². The summed E-state index contributed by atoms with van der Waals surface area (Å²) in [5.74, 6) is -1.50. The van der Waals surface area contributed by atoms with Gasteiger partial charge in [-0.3, -0.25) is 4.79 Å². The predicted molar refractivity (Wildman–Crippen MR) is 86.7 cm³/mol. The first-order chi connectivity index (χ1) is 9.76. The van der Waals surface area contributed by atoms with Gasteiger partial charge in [0.05, 0.1) is 5.92 Å². The zero-order valence-corrected chi connectivity index (χ0v) is 14.3. The summed E-state index contributed by atoms with van der Waals surface area (Å²) in [5, 5.41) is 11.8. The number of carbonyl (C=O) groups excluding carboxylic acids is 1. The zero-order valence-electron chi connectivity index (χ0n) is 12.7. The van der Waals surface area contributed by atoms with Crippen molar-refractivity contribution < 1.29 is 14.7 Å². The minimum atomic E-state index is -0.906. The molecule has 0 aliphatic carbocycles. The number of carbonyl (C=O) groups is 2. The molecule has 5 nitrogen and oxygen atoms in total. The van der Waals surface area contributed by atoms with Crippen LogP contribution >= 0.6 is 15.9 Å². The molecular formula is C15H21BrN2O3. The molecule has 0 radical (unpaired) electrons. The molecule has 1 atom stereocenters. The molecule has 6 heteroatoms. The lowest BCUT2D eigenvalue weighted by molar-refractivity contribution is -0.141. The molecule has 1 aromatic carbocycles. The summed E-state index contributed by atoms with van der Waals surface area (Å²) >= 11 is 3.48. The molecule has 0 saturated carbocycles. The molecule has 0 spiro atoms. The maximum atomic E-state index is 12.2. The number of urea groups is 1. The summed E-state index contributed by atoms with van der Waals surface area (Å²) in [7, 11) is 0. The Balaban J connectivity index is 2.81. The second kappa shape index (κ2) is 7.45. The molecule has 0 bridgehead atoms. The van der Waals surface area contributed by atoms with Gasteiger partial charge in [-0.15, -0.1) is 0 Å². The Morgan fingerprint density at radius 2 is 1.86 bits per heavy atom. The van der Waals surface area contributed by atoms with Crippen LogP contribution in [0.4, 0.5) is 10.5 Å². The highest BCUT2D eigenvalue weighted by molar-refractivity contribution is 9.10. The van der Waals surface area contributed by atoms with Crippen molar-refractivity contribution in [3.8, 4) is 0 Å². The smallest absolute Gasteiger partial charge is 0.321 e. The maximum absolute atomic E-state index is 12.2. The van der Waals surface area contributed by atoms with Gasteiger partial charge in [0.2, 0.25) is 0 Å². The van der Waals surface area contributed by atoms with Gasteiger partial charge in [0.25, 0.3) is 0 Å². The van der Waals surface area contributed by atoms with Crippen molar-refractivity contribution in [1.29, 1.82) is 0 Å². The summed E-state index contributed by atoms with van der Waals surface area (Å²) in [6, 6.07) is 3.47. The number of anilines is 1. The summed E-state index contributed by atoms with van der Waals surface area (Å²) in [6.45, 7) is 7.97. The summed E-state index contributed by atoms with van der Waals surface area (Å²) in [4.78, 5) is 24.6.